The molecular formula is C20H19BrFN3O2. The molecule has 0 spiro atoms. The molecule has 3 aromatic rings. The average Bonchev–Trinajstić information content (AvgIpc) is 3.03. The van der Waals surface area contributed by atoms with Crippen molar-refractivity contribution in [3.63, 3.8) is 0 Å². The molecule has 0 aliphatic heterocycles. The number of nitrogens with zero attached hydrogens (tertiary/aromatic N) is 3. The first-order valence-electron chi connectivity index (χ1n) is 8.32. The van der Waals surface area contributed by atoms with Gasteiger partial charge >= 0.3 is 0 Å². The van der Waals surface area contributed by atoms with Gasteiger partial charge in [0.1, 0.15) is 11.6 Å². The van der Waals surface area contributed by atoms with E-state index in [-0.39, 0.29) is 12.2 Å². The summed E-state index contributed by atoms with van der Waals surface area (Å²) in [5.74, 6) is -0.327. The topological polar surface area (TPSA) is 58.4 Å². The van der Waals surface area contributed by atoms with Gasteiger partial charge in [0.05, 0.1) is 36.3 Å². The summed E-state index contributed by atoms with van der Waals surface area (Å²) >= 11 is 3.43. The van der Waals surface area contributed by atoms with Crippen LogP contribution in [0.5, 0.6) is 0 Å². The van der Waals surface area contributed by atoms with Gasteiger partial charge in [0.25, 0.3) is 0 Å². The monoisotopic (exact) mass is 431 g/mol. The van der Waals surface area contributed by atoms with Crippen molar-refractivity contribution in [3.8, 4) is 5.69 Å². The Bertz CT molecular complexity index is 985. The van der Waals surface area contributed by atoms with Gasteiger partial charge in [-0.2, -0.15) is 0 Å². The van der Waals surface area contributed by atoms with Crippen molar-refractivity contribution in [3.05, 3.63) is 81.6 Å². The first-order valence-corrected chi connectivity index (χ1v) is 9.12. The molecule has 27 heavy (non-hydrogen) atoms. The van der Waals surface area contributed by atoms with Crippen LogP contribution in [0, 0.1) is 5.82 Å². The molecule has 0 radical (unpaired) electrons. The van der Waals surface area contributed by atoms with Gasteiger partial charge in [-0.3, -0.25) is 9.36 Å². The Morgan fingerprint density at radius 2 is 1.96 bits per heavy atom. The smallest absolute Gasteiger partial charge is 0.198 e. The van der Waals surface area contributed by atoms with Gasteiger partial charge in [0.2, 0.25) is 0 Å². The van der Waals surface area contributed by atoms with Gasteiger partial charge in [-0.1, -0.05) is 28.1 Å². The number of carbonyl (C=O) groups excluding carboxylic acids is 1. The molecular weight excluding hydrogens is 413 g/mol. The third-order valence-electron chi connectivity index (χ3n) is 4.09. The summed E-state index contributed by atoms with van der Waals surface area (Å²) in [6, 6.07) is 11.1. The fraction of sp³-hybridized carbons (Fsp3) is 0.200. The van der Waals surface area contributed by atoms with Crippen molar-refractivity contribution < 1.29 is 14.3 Å². The first-order chi connectivity index (χ1) is 12.9. The van der Waals surface area contributed by atoms with E-state index in [9.17, 15) is 14.3 Å². The van der Waals surface area contributed by atoms with E-state index < -0.39 is 11.6 Å². The molecule has 0 amide bonds. The summed E-state index contributed by atoms with van der Waals surface area (Å²) in [6.45, 7) is 0.278. The zero-order valence-electron chi connectivity index (χ0n) is 15.0. The van der Waals surface area contributed by atoms with Gasteiger partial charge in [-0.05, 0) is 44.4 Å². The molecule has 7 heteroatoms. The lowest BCUT2D eigenvalue weighted by molar-refractivity contribution is 0.103. The molecule has 3 rings (SSSR count). The molecule has 0 aliphatic rings. The van der Waals surface area contributed by atoms with Crippen LogP contribution in [-0.4, -0.2) is 39.4 Å². The number of benzene rings is 2. The fourth-order valence-corrected chi connectivity index (χ4v) is 3.25. The second kappa shape index (κ2) is 8.12. The fourth-order valence-electron chi connectivity index (χ4n) is 2.90. The zero-order valence-corrected chi connectivity index (χ0v) is 16.6. The standard InChI is InChI=1S/C20H19BrFN3O2/c1-24(2)11-19-23-10-14(12-26)25(19)18-9-13(21)7-8-16(18)20(27)15-5-3-4-6-17(15)22/h3-10,26H,11-12H2,1-2H3. The molecule has 0 atom stereocenters. The number of aliphatic hydroxyl groups excluding tert-OH is 1. The van der Waals surface area contributed by atoms with Crippen LogP contribution in [0.3, 0.4) is 0 Å². The molecule has 0 fully saturated rings. The summed E-state index contributed by atoms with van der Waals surface area (Å²) < 4.78 is 16.7. The largest absolute Gasteiger partial charge is 0.390 e. The van der Waals surface area contributed by atoms with Crippen molar-refractivity contribution in [1.82, 2.24) is 14.5 Å². The SMILES string of the molecule is CN(C)Cc1ncc(CO)n1-c1cc(Br)ccc1C(=O)c1ccccc1F. The van der Waals surface area contributed by atoms with Crippen molar-refractivity contribution in [2.45, 2.75) is 13.2 Å². The molecule has 0 bridgehead atoms. The molecule has 0 unspecified atom stereocenters. The second-order valence-corrected chi connectivity index (χ2v) is 7.28. The van der Waals surface area contributed by atoms with Crippen LogP contribution < -0.4 is 0 Å². The van der Waals surface area contributed by atoms with Crippen molar-refractivity contribution in [1.29, 1.82) is 0 Å². The third kappa shape index (κ3) is 4.00. The quantitative estimate of drug-likeness (QED) is 0.606. The average molecular weight is 432 g/mol. The zero-order chi connectivity index (χ0) is 19.6. The highest BCUT2D eigenvalue weighted by Gasteiger charge is 2.21. The molecule has 1 aromatic heterocycles. The van der Waals surface area contributed by atoms with E-state index in [0.29, 0.717) is 29.3 Å². The van der Waals surface area contributed by atoms with E-state index in [1.54, 1.807) is 41.1 Å². The Kier molecular flexibility index (Phi) is 5.84. The van der Waals surface area contributed by atoms with E-state index in [2.05, 4.69) is 20.9 Å². The van der Waals surface area contributed by atoms with E-state index in [1.807, 2.05) is 19.0 Å². The normalized spacial score (nSPS) is 11.2. The maximum absolute atomic E-state index is 14.2. The lowest BCUT2D eigenvalue weighted by atomic mass is 10.0. The lowest BCUT2D eigenvalue weighted by Gasteiger charge is -2.17. The number of aromatic nitrogens is 2. The first kappa shape index (κ1) is 19.4. The number of hydrogen-bond acceptors (Lipinski definition) is 4. The Labute approximate surface area is 165 Å². The van der Waals surface area contributed by atoms with Crippen LogP contribution in [0.25, 0.3) is 5.69 Å². The minimum Gasteiger partial charge on any atom is -0.390 e. The number of ketones is 1. The van der Waals surface area contributed by atoms with Crippen LogP contribution in [-0.2, 0) is 13.2 Å². The minimum absolute atomic E-state index is 0.000829. The van der Waals surface area contributed by atoms with Gasteiger partial charge in [-0.15, -0.1) is 0 Å². The molecule has 140 valence electrons. The predicted octanol–water partition coefficient (Wildman–Crippen LogP) is 3.56. The van der Waals surface area contributed by atoms with E-state index in [4.69, 9.17) is 0 Å². The van der Waals surface area contributed by atoms with Crippen LogP contribution in [0.2, 0.25) is 0 Å². The second-order valence-electron chi connectivity index (χ2n) is 6.37. The van der Waals surface area contributed by atoms with Crippen molar-refractivity contribution in [2.24, 2.45) is 0 Å². The summed E-state index contributed by atoms with van der Waals surface area (Å²) in [6.07, 6.45) is 1.58. The Balaban J connectivity index is 2.21. The number of rotatable bonds is 6. The van der Waals surface area contributed by atoms with E-state index >= 15 is 0 Å². The summed E-state index contributed by atoms with van der Waals surface area (Å²) in [5, 5.41) is 9.76. The maximum Gasteiger partial charge on any atom is 0.198 e. The molecule has 1 heterocycles. The highest BCUT2D eigenvalue weighted by molar-refractivity contribution is 9.10. The third-order valence-corrected chi connectivity index (χ3v) is 4.58. The molecule has 0 saturated carbocycles. The van der Waals surface area contributed by atoms with E-state index in [1.165, 1.54) is 12.1 Å². The van der Waals surface area contributed by atoms with Crippen LogP contribution >= 0.6 is 15.9 Å². The van der Waals surface area contributed by atoms with Gasteiger partial charge in [0.15, 0.2) is 5.78 Å². The van der Waals surface area contributed by atoms with Crippen LogP contribution in [0.15, 0.2) is 53.1 Å². The highest BCUT2D eigenvalue weighted by atomic mass is 79.9. The Morgan fingerprint density at radius 3 is 2.63 bits per heavy atom. The van der Waals surface area contributed by atoms with E-state index in [0.717, 1.165) is 4.47 Å². The Morgan fingerprint density at radius 1 is 1.22 bits per heavy atom. The van der Waals surface area contributed by atoms with Crippen LogP contribution in [0.4, 0.5) is 4.39 Å². The number of imidazole rings is 1. The molecule has 0 aliphatic carbocycles. The van der Waals surface area contributed by atoms with Gasteiger partial charge in [0, 0.05) is 10.0 Å². The maximum atomic E-state index is 14.2. The highest BCUT2D eigenvalue weighted by Crippen LogP contribution is 2.27. The lowest BCUT2D eigenvalue weighted by Crippen LogP contribution is -2.18. The predicted molar refractivity (Wildman–Crippen MR) is 104 cm³/mol. The minimum atomic E-state index is -0.571. The summed E-state index contributed by atoms with van der Waals surface area (Å²) in [4.78, 5) is 19.4. The number of carbonyl (C=O) groups is 1. The number of halogens is 2. The molecule has 2 aromatic carbocycles. The van der Waals surface area contributed by atoms with Gasteiger partial charge in [-0.25, -0.2) is 9.37 Å². The summed E-state index contributed by atoms with van der Waals surface area (Å²) in [5.41, 5.74) is 1.42. The number of hydrogen-bond donors (Lipinski definition) is 1. The van der Waals surface area contributed by atoms with Gasteiger partial charge < -0.3 is 10.0 Å². The Hall–Kier alpha value is -2.35. The summed E-state index contributed by atoms with van der Waals surface area (Å²) in [7, 11) is 3.81. The molecule has 0 saturated heterocycles. The van der Waals surface area contributed by atoms with Crippen molar-refractivity contribution in [2.75, 3.05) is 14.1 Å². The molecule has 5 nitrogen and oxygen atoms in total. The van der Waals surface area contributed by atoms with Crippen LogP contribution in [0.1, 0.15) is 27.4 Å². The molecule has 1 N–H and O–H groups in total. The number of aliphatic hydroxyl groups is 1. The van der Waals surface area contributed by atoms with Crippen molar-refractivity contribution >= 4 is 21.7 Å².